The highest BCUT2D eigenvalue weighted by atomic mass is 16.6. The van der Waals surface area contributed by atoms with Crippen molar-refractivity contribution < 1.29 is 19.1 Å². The molecule has 0 bridgehead atoms. The van der Waals surface area contributed by atoms with E-state index in [1.54, 1.807) is 26.8 Å². The summed E-state index contributed by atoms with van der Waals surface area (Å²) in [6.45, 7) is 8.95. The van der Waals surface area contributed by atoms with Gasteiger partial charge in [-0.1, -0.05) is 30.3 Å². The molecular weight excluding hydrogens is 280 g/mol. The molecule has 1 aromatic rings. The minimum atomic E-state index is -0.743. The van der Waals surface area contributed by atoms with Crippen molar-refractivity contribution in [2.24, 2.45) is 5.41 Å². The summed E-state index contributed by atoms with van der Waals surface area (Å²) < 4.78 is 10.5. The molecule has 22 heavy (non-hydrogen) atoms. The minimum absolute atomic E-state index is 0.0342. The third-order valence-corrected chi connectivity index (χ3v) is 3.58. The zero-order valence-corrected chi connectivity index (χ0v) is 13.7. The minimum Gasteiger partial charge on any atom is -0.454 e. The normalized spacial score (nSPS) is 20.9. The van der Waals surface area contributed by atoms with Crippen molar-refractivity contribution in [3.05, 3.63) is 47.7 Å². The van der Waals surface area contributed by atoms with Gasteiger partial charge < -0.3 is 9.47 Å². The molecule has 0 saturated heterocycles. The van der Waals surface area contributed by atoms with Crippen LogP contribution < -0.4 is 0 Å². The van der Waals surface area contributed by atoms with Gasteiger partial charge in [-0.2, -0.15) is 0 Å². The van der Waals surface area contributed by atoms with Gasteiger partial charge in [0.2, 0.25) is 5.76 Å². The third-order valence-electron chi connectivity index (χ3n) is 3.58. The van der Waals surface area contributed by atoms with Crippen LogP contribution in [0.2, 0.25) is 0 Å². The number of rotatable bonds is 2. The summed E-state index contributed by atoms with van der Waals surface area (Å²) in [5.74, 6) is -1.31. The number of esters is 2. The smallest absolute Gasteiger partial charge is 0.374 e. The first-order chi connectivity index (χ1) is 10.1. The van der Waals surface area contributed by atoms with Crippen molar-refractivity contribution in [1.82, 2.24) is 0 Å². The van der Waals surface area contributed by atoms with Gasteiger partial charge in [0.15, 0.2) is 0 Å². The first kappa shape index (κ1) is 16.3. The van der Waals surface area contributed by atoms with Crippen LogP contribution in [0.1, 0.15) is 46.1 Å². The van der Waals surface area contributed by atoms with Crippen molar-refractivity contribution >= 4 is 11.9 Å². The molecular formula is C18H22O4. The number of allylic oxidation sites excluding steroid dienone is 1. The predicted molar refractivity (Wildman–Crippen MR) is 83.0 cm³/mol. The molecule has 4 heteroatoms. The molecule has 0 N–H and O–H groups in total. The van der Waals surface area contributed by atoms with Crippen molar-refractivity contribution in [3.8, 4) is 0 Å². The number of cyclic esters (lactones) is 1. The molecule has 4 nitrogen and oxygen atoms in total. The van der Waals surface area contributed by atoms with Crippen LogP contribution in [0.5, 0.6) is 0 Å². The van der Waals surface area contributed by atoms with Crippen LogP contribution in [0, 0.1) is 5.41 Å². The number of hydrogen-bond acceptors (Lipinski definition) is 4. The van der Waals surface area contributed by atoms with E-state index in [0.717, 1.165) is 5.56 Å². The van der Waals surface area contributed by atoms with Crippen LogP contribution in [0.25, 0.3) is 0 Å². The van der Waals surface area contributed by atoms with Crippen LogP contribution in [0.15, 0.2) is 42.2 Å². The second-order valence-electron chi connectivity index (χ2n) is 7.03. The first-order valence-corrected chi connectivity index (χ1v) is 7.33. The lowest BCUT2D eigenvalue weighted by Gasteiger charge is -2.35. The fraction of sp³-hybridized carbons (Fsp3) is 0.444. The Bertz CT molecular complexity index is 606. The number of hydrogen-bond donors (Lipinski definition) is 0. The molecule has 0 amide bonds. The van der Waals surface area contributed by atoms with E-state index in [4.69, 9.17) is 9.47 Å². The Labute approximate surface area is 131 Å². The van der Waals surface area contributed by atoms with E-state index >= 15 is 0 Å². The van der Waals surface area contributed by atoms with E-state index < -0.39 is 23.0 Å². The average Bonchev–Trinajstić information content (AvgIpc) is 2.40. The fourth-order valence-electron chi connectivity index (χ4n) is 2.36. The van der Waals surface area contributed by atoms with Gasteiger partial charge in [0.1, 0.15) is 5.60 Å². The zero-order chi connectivity index (χ0) is 16.5. The lowest BCUT2D eigenvalue weighted by Crippen LogP contribution is -2.38. The molecule has 0 aromatic heterocycles. The van der Waals surface area contributed by atoms with Gasteiger partial charge in [0.05, 0.1) is 5.41 Å². The second-order valence-corrected chi connectivity index (χ2v) is 7.03. The largest absolute Gasteiger partial charge is 0.454 e. The number of carbonyl (C=O) groups is 2. The van der Waals surface area contributed by atoms with Gasteiger partial charge in [-0.15, -0.1) is 0 Å². The van der Waals surface area contributed by atoms with E-state index in [2.05, 4.69) is 0 Å². The summed E-state index contributed by atoms with van der Waals surface area (Å²) in [5.41, 5.74) is -0.419. The highest BCUT2D eigenvalue weighted by molar-refractivity contribution is 5.93. The van der Waals surface area contributed by atoms with Crippen molar-refractivity contribution in [2.75, 3.05) is 0 Å². The van der Waals surface area contributed by atoms with Crippen LogP contribution in [0.3, 0.4) is 0 Å². The third kappa shape index (κ3) is 3.38. The summed E-state index contributed by atoms with van der Waals surface area (Å²) in [5, 5.41) is 0. The lowest BCUT2D eigenvalue weighted by molar-refractivity contribution is -0.165. The van der Waals surface area contributed by atoms with E-state index in [1.807, 2.05) is 44.2 Å². The maximum Gasteiger partial charge on any atom is 0.374 e. The Morgan fingerprint density at radius 3 is 2.32 bits per heavy atom. The molecule has 1 aromatic carbocycles. The highest BCUT2D eigenvalue weighted by Gasteiger charge is 2.44. The molecule has 0 saturated carbocycles. The predicted octanol–water partition coefficient (Wildman–Crippen LogP) is 3.58. The Kier molecular flexibility index (Phi) is 4.14. The Balaban J connectivity index is 2.39. The molecule has 1 atom stereocenters. The maximum atomic E-state index is 12.3. The summed E-state index contributed by atoms with van der Waals surface area (Å²) in [4.78, 5) is 24.5. The van der Waals surface area contributed by atoms with Gasteiger partial charge in [0.25, 0.3) is 0 Å². The van der Waals surface area contributed by atoms with E-state index in [-0.39, 0.29) is 11.7 Å². The van der Waals surface area contributed by atoms with Crippen molar-refractivity contribution in [3.63, 3.8) is 0 Å². The Morgan fingerprint density at radius 1 is 1.18 bits per heavy atom. The molecule has 0 aliphatic carbocycles. The van der Waals surface area contributed by atoms with E-state index in [1.165, 1.54) is 0 Å². The van der Waals surface area contributed by atoms with Gasteiger partial charge >= 0.3 is 11.9 Å². The molecule has 0 unspecified atom stereocenters. The summed E-state index contributed by atoms with van der Waals surface area (Å²) in [6, 6.07) is 9.61. The summed E-state index contributed by atoms with van der Waals surface area (Å²) in [7, 11) is 0. The summed E-state index contributed by atoms with van der Waals surface area (Å²) in [6.07, 6.45) is 1.69. The van der Waals surface area contributed by atoms with Gasteiger partial charge in [-0.25, -0.2) is 4.79 Å². The Hall–Kier alpha value is -2.10. The first-order valence-electron chi connectivity index (χ1n) is 7.33. The monoisotopic (exact) mass is 302 g/mol. The van der Waals surface area contributed by atoms with Crippen LogP contribution >= 0.6 is 0 Å². The standard InChI is InChI=1S/C18H22O4/c1-17(2,3)22-15(19)14-11-13(12-9-7-6-8-10-12)18(4,5)16(20)21-14/h6-11,13H,1-5H3/t13-/m0/s1. The quantitative estimate of drug-likeness (QED) is 0.784. The van der Waals surface area contributed by atoms with Crippen molar-refractivity contribution in [2.45, 2.75) is 46.1 Å². The zero-order valence-electron chi connectivity index (χ0n) is 13.7. The molecule has 0 spiro atoms. The number of ether oxygens (including phenoxy) is 2. The second kappa shape index (κ2) is 5.59. The van der Waals surface area contributed by atoms with E-state index in [0.29, 0.717) is 0 Å². The van der Waals surface area contributed by atoms with Crippen LogP contribution in [-0.4, -0.2) is 17.5 Å². The molecule has 2 rings (SSSR count). The van der Waals surface area contributed by atoms with Gasteiger partial charge in [-0.3, -0.25) is 4.79 Å². The lowest BCUT2D eigenvalue weighted by atomic mass is 9.73. The molecule has 0 fully saturated rings. The number of benzene rings is 1. The van der Waals surface area contributed by atoms with Gasteiger partial charge in [-0.05, 0) is 46.3 Å². The average molecular weight is 302 g/mol. The molecule has 0 radical (unpaired) electrons. The topological polar surface area (TPSA) is 52.6 Å². The van der Waals surface area contributed by atoms with Gasteiger partial charge in [0, 0.05) is 5.92 Å². The molecule has 118 valence electrons. The van der Waals surface area contributed by atoms with Crippen molar-refractivity contribution in [1.29, 1.82) is 0 Å². The van der Waals surface area contributed by atoms with E-state index in [9.17, 15) is 9.59 Å². The highest BCUT2D eigenvalue weighted by Crippen LogP contribution is 2.42. The SMILES string of the molecule is CC(C)(C)OC(=O)C1=C[C@@H](c2ccccc2)C(C)(C)C(=O)O1. The number of carbonyl (C=O) groups excluding carboxylic acids is 2. The molecule has 1 aliphatic heterocycles. The Morgan fingerprint density at radius 2 is 1.77 bits per heavy atom. The fourth-order valence-corrected chi connectivity index (χ4v) is 2.36. The molecule has 1 aliphatic rings. The summed E-state index contributed by atoms with van der Waals surface area (Å²) >= 11 is 0. The maximum absolute atomic E-state index is 12.3. The molecule has 1 heterocycles. The van der Waals surface area contributed by atoms with Crippen LogP contribution in [0.4, 0.5) is 0 Å². The van der Waals surface area contributed by atoms with Crippen LogP contribution in [-0.2, 0) is 19.1 Å².